The van der Waals surface area contributed by atoms with Crippen LogP contribution in [0.15, 0.2) is 23.1 Å². The average molecular weight is 382 g/mol. The molecule has 1 aromatic heterocycles. The summed E-state index contributed by atoms with van der Waals surface area (Å²) < 4.78 is 27.2. The van der Waals surface area contributed by atoms with E-state index in [2.05, 4.69) is 4.72 Å². The van der Waals surface area contributed by atoms with E-state index in [4.69, 9.17) is 28.3 Å². The summed E-state index contributed by atoms with van der Waals surface area (Å²) >= 11 is 12.7. The number of aromatic hydroxyl groups is 1. The fourth-order valence-corrected chi connectivity index (χ4v) is 5.34. The number of thiophene rings is 1. The van der Waals surface area contributed by atoms with Gasteiger partial charge in [-0.2, -0.15) is 0 Å². The molecule has 118 valence electrons. The molecule has 0 amide bonds. The van der Waals surface area contributed by atoms with Gasteiger partial charge in [0.1, 0.15) is 20.5 Å². The van der Waals surface area contributed by atoms with Gasteiger partial charge in [-0.15, -0.1) is 11.3 Å². The second kappa shape index (κ2) is 5.96. The number of benzene rings is 1. The Morgan fingerprint density at radius 3 is 2.36 bits per heavy atom. The Morgan fingerprint density at radius 1 is 1.27 bits per heavy atom. The zero-order valence-corrected chi connectivity index (χ0v) is 14.1. The third-order valence-corrected chi connectivity index (χ3v) is 6.34. The van der Waals surface area contributed by atoms with Crippen LogP contribution in [-0.2, 0) is 10.0 Å². The third-order valence-electron chi connectivity index (χ3n) is 2.74. The van der Waals surface area contributed by atoms with E-state index < -0.39 is 21.7 Å². The van der Waals surface area contributed by atoms with Crippen LogP contribution in [0.1, 0.15) is 15.9 Å². The first-order valence-corrected chi connectivity index (χ1v) is 8.72. The van der Waals surface area contributed by atoms with Gasteiger partial charge >= 0.3 is 5.97 Å². The van der Waals surface area contributed by atoms with Gasteiger partial charge < -0.3 is 10.2 Å². The van der Waals surface area contributed by atoms with E-state index in [0.717, 1.165) is 23.5 Å². The minimum atomic E-state index is -4.02. The number of sulfonamides is 1. The van der Waals surface area contributed by atoms with Crippen molar-refractivity contribution in [3.63, 3.8) is 0 Å². The number of hydrogen-bond donors (Lipinski definition) is 3. The molecule has 0 aliphatic rings. The highest BCUT2D eigenvalue weighted by molar-refractivity contribution is 7.93. The van der Waals surface area contributed by atoms with Gasteiger partial charge in [0.05, 0.1) is 10.0 Å². The first-order valence-electron chi connectivity index (χ1n) is 5.67. The van der Waals surface area contributed by atoms with Gasteiger partial charge in [-0.1, -0.05) is 23.2 Å². The van der Waals surface area contributed by atoms with Crippen molar-refractivity contribution in [1.29, 1.82) is 0 Å². The summed E-state index contributed by atoms with van der Waals surface area (Å²) in [4.78, 5) is 10.7. The summed E-state index contributed by atoms with van der Waals surface area (Å²) in [5.74, 6) is -1.88. The Morgan fingerprint density at radius 2 is 1.91 bits per heavy atom. The van der Waals surface area contributed by atoms with E-state index in [1.807, 2.05) is 0 Å². The van der Waals surface area contributed by atoms with Crippen LogP contribution in [0.2, 0.25) is 8.67 Å². The molecule has 0 unspecified atom stereocenters. The molecule has 0 radical (unpaired) electrons. The topological polar surface area (TPSA) is 104 Å². The van der Waals surface area contributed by atoms with Gasteiger partial charge in [0, 0.05) is 11.6 Å². The van der Waals surface area contributed by atoms with Gasteiger partial charge in [0.2, 0.25) is 0 Å². The number of carboxylic acids is 1. The van der Waals surface area contributed by atoms with Crippen molar-refractivity contribution in [2.75, 3.05) is 4.72 Å². The van der Waals surface area contributed by atoms with E-state index in [1.54, 1.807) is 0 Å². The molecule has 0 saturated carbocycles. The van der Waals surface area contributed by atoms with Crippen molar-refractivity contribution in [2.45, 2.75) is 11.8 Å². The quantitative estimate of drug-likeness (QED) is 0.750. The SMILES string of the molecule is Cc1c(Cl)sc(Cl)c1S(=O)(=O)Nc1ccc(C(=O)O)c(O)c1. The number of carboxylic acid groups (broad SMARTS) is 1. The lowest BCUT2D eigenvalue weighted by Crippen LogP contribution is -2.14. The van der Waals surface area contributed by atoms with Crippen molar-refractivity contribution in [3.05, 3.63) is 38.0 Å². The smallest absolute Gasteiger partial charge is 0.339 e. The second-order valence-electron chi connectivity index (χ2n) is 4.25. The van der Waals surface area contributed by atoms with Crippen LogP contribution < -0.4 is 4.72 Å². The van der Waals surface area contributed by atoms with E-state index in [9.17, 15) is 18.3 Å². The summed E-state index contributed by atoms with van der Waals surface area (Å²) in [6.07, 6.45) is 0. The van der Waals surface area contributed by atoms with Crippen molar-refractivity contribution in [3.8, 4) is 5.75 Å². The minimum absolute atomic E-state index is 0.000268. The second-order valence-corrected chi connectivity index (χ2v) is 8.09. The Kier molecular flexibility index (Phi) is 4.57. The van der Waals surface area contributed by atoms with Gasteiger partial charge in [-0.25, -0.2) is 13.2 Å². The number of halogens is 2. The molecule has 10 heteroatoms. The Labute approximate surface area is 140 Å². The summed E-state index contributed by atoms with van der Waals surface area (Å²) in [6.45, 7) is 1.52. The number of rotatable bonds is 4. The third kappa shape index (κ3) is 3.14. The van der Waals surface area contributed by atoms with Crippen molar-refractivity contribution >= 4 is 56.2 Å². The molecule has 0 atom stereocenters. The van der Waals surface area contributed by atoms with Crippen LogP contribution in [-0.4, -0.2) is 24.6 Å². The number of phenols is 1. The Balaban J connectivity index is 2.41. The summed E-state index contributed by atoms with van der Waals surface area (Å²) in [5.41, 5.74) is -0.0217. The minimum Gasteiger partial charge on any atom is -0.507 e. The summed E-state index contributed by atoms with van der Waals surface area (Å²) in [6, 6.07) is 3.31. The summed E-state index contributed by atoms with van der Waals surface area (Å²) in [5, 5.41) is 18.4. The van der Waals surface area contributed by atoms with Crippen molar-refractivity contribution in [2.24, 2.45) is 0 Å². The van der Waals surface area contributed by atoms with E-state index in [-0.39, 0.29) is 24.8 Å². The maximum atomic E-state index is 12.3. The highest BCUT2D eigenvalue weighted by atomic mass is 35.5. The molecule has 0 aliphatic carbocycles. The first-order chi connectivity index (χ1) is 10.1. The van der Waals surface area contributed by atoms with Crippen LogP contribution in [0.3, 0.4) is 0 Å². The molecule has 2 rings (SSSR count). The van der Waals surface area contributed by atoms with Gasteiger partial charge in [-0.05, 0) is 19.1 Å². The molecule has 0 aliphatic heterocycles. The standard InChI is InChI=1S/C12H9Cl2NO5S2/c1-5-9(11(14)21-10(5)13)22(19,20)15-6-2-3-7(12(17)18)8(16)4-6/h2-4,15-16H,1H3,(H,17,18). The lowest BCUT2D eigenvalue weighted by molar-refractivity contribution is 0.0694. The highest BCUT2D eigenvalue weighted by Gasteiger charge is 2.25. The number of hydrogen-bond acceptors (Lipinski definition) is 5. The molecule has 1 heterocycles. The zero-order valence-electron chi connectivity index (χ0n) is 10.9. The molecule has 0 fully saturated rings. The average Bonchev–Trinajstić information content (AvgIpc) is 2.62. The molecular formula is C12H9Cl2NO5S2. The van der Waals surface area contributed by atoms with Crippen LogP contribution in [0.5, 0.6) is 5.75 Å². The molecule has 0 bridgehead atoms. The fourth-order valence-electron chi connectivity index (χ4n) is 1.73. The number of aromatic carboxylic acids is 1. The van der Waals surface area contributed by atoms with E-state index in [0.29, 0.717) is 5.56 Å². The maximum absolute atomic E-state index is 12.3. The van der Waals surface area contributed by atoms with Crippen LogP contribution >= 0.6 is 34.5 Å². The zero-order chi connectivity index (χ0) is 16.7. The fraction of sp³-hybridized carbons (Fsp3) is 0.0833. The molecule has 6 nitrogen and oxygen atoms in total. The van der Waals surface area contributed by atoms with Gasteiger partial charge in [0.25, 0.3) is 10.0 Å². The van der Waals surface area contributed by atoms with Crippen LogP contribution in [0, 0.1) is 6.92 Å². The van der Waals surface area contributed by atoms with Crippen LogP contribution in [0.4, 0.5) is 5.69 Å². The van der Waals surface area contributed by atoms with Gasteiger partial charge in [-0.3, -0.25) is 4.72 Å². The predicted octanol–water partition coefficient (Wildman–Crippen LogP) is 3.57. The maximum Gasteiger partial charge on any atom is 0.339 e. The predicted molar refractivity (Wildman–Crippen MR) is 85.0 cm³/mol. The normalized spacial score (nSPS) is 11.4. The number of anilines is 1. The van der Waals surface area contributed by atoms with Crippen LogP contribution in [0.25, 0.3) is 0 Å². The molecular weight excluding hydrogens is 373 g/mol. The monoisotopic (exact) mass is 381 g/mol. The lowest BCUT2D eigenvalue weighted by atomic mass is 10.2. The van der Waals surface area contributed by atoms with E-state index in [1.165, 1.54) is 13.0 Å². The molecule has 3 N–H and O–H groups in total. The number of carbonyl (C=O) groups is 1. The van der Waals surface area contributed by atoms with Gasteiger partial charge in [0.15, 0.2) is 0 Å². The largest absolute Gasteiger partial charge is 0.507 e. The van der Waals surface area contributed by atoms with Crippen molar-refractivity contribution < 1.29 is 23.4 Å². The van der Waals surface area contributed by atoms with Crippen molar-refractivity contribution in [1.82, 2.24) is 0 Å². The Hall–Kier alpha value is -1.48. The number of nitrogens with one attached hydrogen (secondary N) is 1. The molecule has 22 heavy (non-hydrogen) atoms. The molecule has 2 aromatic rings. The van der Waals surface area contributed by atoms with E-state index >= 15 is 0 Å². The summed E-state index contributed by atoms with van der Waals surface area (Å²) in [7, 11) is -4.02. The molecule has 1 aromatic carbocycles. The molecule has 0 spiro atoms. The highest BCUT2D eigenvalue weighted by Crippen LogP contribution is 2.39. The lowest BCUT2D eigenvalue weighted by Gasteiger charge is -2.09. The molecule has 0 saturated heterocycles. The Bertz CT molecular complexity index is 861. The first kappa shape index (κ1) is 16.9.